The number of nitrogens with one attached hydrogen (secondary N) is 1. The lowest BCUT2D eigenvalue weighted by Gasteiger charge is -2.40. The van der Waals surface area contributed by atoms with E-state index in [2.05, 4.69) is 4.72 Å². The van der Waals surface area contributed by atoms with E-state index < -0.39 is 10.0 Å². The van der Waals surface area contributed by atoms with Crippen LogP contribution in [0.15, 0.2) is 0 Å². The van der Waals surface area contributed by atoms with Crippen molar-refractivity contribution in [3.63, 3.8) is 0 Å². The van der Waals surface area contributed by atoms with Gasteiger partial charge in [-0.1, -0.05) is 0 Å². The third-order valence-electron chi connectivity index (χ3n) is 2.64. The van der Waals surface area contributed by atoms with Gasteiger partial charge in [-0.15, -0.1) is 11.6 Å². The zero-order valence-corrected chi connectivity index (χ0v) is 10.5. The first-order valence-electron chi connectivity index (χ1n) is 5.19. The summed E-state index contributed by atoms with van der Waals surface area (Å²) in [6, 6.07) is 0. The molecule has 6 heteroatoms. The molecular formula is C9H18ClNO3S. The summed E-state index contributed by atoms with van der Waals surface area (Å²) in [5, 5.41) is 0. The molecule has 4 nitrogen and oxygen atoms in total. The van der Waals surface area contributed by atoms with E-state index in [9.17, 15) is 8.42 Å². The second-order valence-corrected chi connectivity index (χ2v) is 5.99. The quantitative estimate of drug-likeness (QED) is 0.548. The van der Waals surface area contributed by atoms with Crippen molar-refractivity contribution in [1.82, 2.24) is 4.72 Å². The second-order valence-electron chi connectivity index (χ2n) is 3.89. The highest BCUT2D eigenvalue weighted by molar-refractivity contribution is 7.89. The molecule has 90 valence electrons. The molecule has 1 aliphatic rings. The molecule has 0 radical (unpaired) electrons. The van der Waals surface area contributed by atoms with Crippen molar-refractivity contribution in [1.29, 1.82) is 0 Å². The van der Waals surface area contributed by atoms with Gasteiger partial charge in [0, 0.05) is 18.0 Å². The van der Waals surface area contributed by atoms with Crippen molar-refractivity contribution in [3.05, 3.63) is 0 Å². The molecule has 0 aliphatic heterocycles. The number of rotatable bonds is 7. The molecule has 0 heterocycles. The van der Waals surface area contributed by atoms with Crippen LogP contribution in [-0.2, 0) is 14.8 Å². The molecule has 0 bridgehead atoms. The summed E-state index contributed by atoms with van der Waals surface area (Å²) in [5.74, 6) is 0.361. The summed E-state index contributed by atoms with van der Waals surface area (Å²) in [7, 11) is -3.24. The molecule has 0 atom stereocenters. The van der Waals surface area contributed by atoms with E-state index in [0.717, 1.165) is 19.3 Å². The highest BCUT2D eigenvalue weighted by atomic mass is 35.5. The molecule has 1 saturated carbocycles. The lowest BCUT2D eigenvalue weighted by atomic mass is 9.79. The summed E-state index contributed by atoms with van der Waals surface area (Å²) in [4.78, 5) is 0. The maximum atomic E-state index is 11.6. The molecule has 0 unspecified atom stereocenters. The first kappa shape index (κ1) is 13.2. The normalized spacial score (nSPS) is 19.9. The Labute approximate surface area is 96.4 Å². The van der Waals surface area contributed by atoms with Gasteiger partial charge >= 0.3 is 0 Å². The monoisotopic (exact) mass is 255 g/mol. The van der Waals surface area contributed by atoms with E-state index in [-0.39, 0.29) is 17.9 Å². The van der Waals surface area contributed by atoms with Crippen LogP contribution < -0.4 is 4.72 Å². The van der Waals surface area contributed by atoms with Gasteiger partial charge in [-0.2, -0.15) is 0 Å². The number of alkyl halides is 1. The Bertz CT molecular complexity index is 282. The van der Waals surface area contributed by atoms with E-state index in [1.165, 1.54) is 0 Å². The zero-order valence-electron chi connectivity index (χ0n) is 8.96. The third kappa shape index (κ3) is 3.90. The van der Waals surface area contributed by atoms with Gasteiger partial charge in [-0.3, -0.25) is 0 Å². The van der Waals surface area contributed by atoms with Crippen molar-refractivity contribution in [2.45, 2.75) is 31.7 Å². The number of halogens is 1. The molecule has 1 rings (SSSR count). The highest BCUT2D eigenvalue weighted by Crippen LogP contribution is 2.33. The Morgan fingerprint density at radius 3 is 2.53 bits per heavy atom. The van der Waals surface area contributed by atoms with Crippen molar-refractivity contribution in [2.75, 3.05) is 24.8 Å². The first-order chi connectivity index (χ1) is 7.04. The SMILES string of the molecule is CCOCCS(=O)(=O)NC1(CCl)CCC1. The molecule has 15 heavy (non-hydrogen) atoms. The largest absolute Gasteiger partial charge is 0.381 e. The molecule has 0 spiro atoms. The van der Waals surface area contributed by atoms with Gasteiger partial charge in [0.2, 0.25) is 10.0 Å². The van der Waals surface area contributed by atoms with E-state index in [0.29, 0.717) is 12.5 Å². The maximum absolute atomic E-state index is 11.6. The fraction of sp³-hybridized carbons (Fsp3) is 1.00. The third-order valence-corrected chi connectivity index (χ3v) is 4.60. The van der Waals surface area contributed by atoms with E-state index >= 15 is 0 Å². The minimum absolute atomic E-state index is 0.0134. The van der Waals surface area contributed by atoms with Gasteiger partial charge in [-0.25, -0.2) is 13.1 Å². The molecular weight excluding hydrogens is 238 g/mol. The number of hydrogen-bond acceptors (Lipinski definition) is 3. The minimum atomic E-state index is -3.24. The predicted octanol–water partition coefficient (Wildman–Crippen LogP) is 1.10. The van der Waals surface area contributed by atoms with Crippen LogP contribution in [0.5, 0.6) is 0 Å². The second kappa shape index (κ2) is 5.48. The Kier molecular flexibility index (Phi) is 4.83. The summed E-state index contributed by atoms with van der Waals surface area (Å²) >= 11 is 5.77. The average Bonchev–Trinajstić information content (AvgIpc) is 2.12. The zero-order chi connectivity index (χ0) is 11.4. The Morgan fingerprint density at radius 2 is 2.13 bits per heavy atom. The van der Waals surface area contributed by atoms with Gasteiger partial charge in [0.25, 0.3) is 0 Å². The van der Waals surface area contributed by atoms with Gasteiger partial charge in [0.05, 0.1) is 12.4 Å². The number of sulfonamides is 1. The number of hydrogen-bond donors (Lipinski definition) is 1. The van der Waals surface area contributed by atoms with E-state index in [1.807, 2.05) is 6.92 Å². The lowest BCUT2D eigenvalue weighted by Crippen LogP contribution is -2.55. The van der Waals surface area contributed by atoms with Crippen LogP contribution in [0.2, 0.25) is 0 Å². The van der Waals surface area contributed by atoms with Crippen LogP contribution in [0.3, 0.4) is 0 Å². The van der Waals surface area contributed by atoms with Crippen LogP contribution in [0.4, 0.5) is 0 Å². The maximum Gasteiger partial charge on any atom is 0.214 e. The van der Waals surface area contributed by atoms with Crippen LogP contribution in [-0.4, -0.2) is 38.8 Å². The Balaban J connectivity index is 2.41. The molecule has 0 saturated heterocycles. The van der Waals surface area contributed by atoms with Gasteiger partial charge in [0.15, 0.2) is 0 Å². The summed E-state index contributed by atoms with van der Waals surface area (Å²) in [6.45, 7) is 2.62. The summed E-state index contributed by atoms with van der Waals surface area (Å²) in [6.07, 6.45) is 2.72. The van der Waals surface area contributed by atoms with Crippen LogP contribution in [0, 0.1) is 0 Å². The standard InChI is InChI=1S/C9H18ClNO3S/c1-2-14-6-7-15(12,13)11-9(8-10)4-3-5-9/h11H,2-8H2,1H3. The van der Waals surface area contributed by atoms with Crippen molar-refractivity contribution >= 4 is 21.6 Å². The molecule has 0 aromatic rings. The van der Waals surface area contributed by atoms with Gasteiger partial charge in [-0.05, 0) is 26.2 Å². The fourth-order valence-corrected chi connectivity index (χ4v) is 3.35. The van der Waals surface area contributed by atoms with E-state index in [4.69, 9.17) is 16.3 Å². The van der Waals surface area contributed by atoms with Crippen molar-refractivity contribution in [2.24, 2.45) is 0 Å². The minimum Gasteiger partial charge on any atom is -0.381 e. The predicted molar refractivity (Wildman–Crippen MR) is 60.7 cm³/mol. The molecule has 0 aromatic carbocycles. The molecule has 1 fully saturated rings. The van der Waals surface area contributed by atoms with Crippen molar-refractivity contribution in [3.8, 4) is 0 Å². The topological polar surface area (TPSA) is 55.4 Å². The highest BCUT2D eigenvalue weighted by Gasteiger charge is 2.39. The van der Waals surface area contributed by atoms with Gasteiger partial charge in [0.1, 0.15) is 0 Å². The average molecular weight is 256 g/mol. The van der Waals surface area contributed by atoms with Crippen LogP contribution in [0.1, 0.15) is 26.2 Å². The molecule has 1 N–H and O–H groups in total. The van der Waals surface area contributed by atoms with E-state index in [1.54, 1.807) is 0 Å². The fourth-order valence-electron chi connectivity index (χ4n) is 1.56. The summed E-state index contributed by atoms with van der Waals surface area (Å²) in [5.41, 5.74) is -0.382. The van der Waals surface area contributed by atoms with Crippen LogP contribution >= 0.6 is 11.6 Å². The molecule has 1 aliphatic carbocycles. The van der Waals surface area contributed by atoms with Crippen molar-refractivity contribution < 1.29 is 13.2 Å². The smallest absolute Gasteiger partial charge is 0.214 e. The number of ether oxygens (including phenoxy) is 1. The van der Waals surface area contributed by atoms with Gasteiger partial charge < -0.3 is 4.74 Å². The van der Waals surface area contributed by atoms with Crippen LogP contribution in [0.25, 0.3) is 0 Å². The summed E-state index contributed by atoms with van der Waals surface area (Å²) < 4.78 is 30.9. The lowest BCUT2D eigenvalue weighted by molar-refractivity contribution is 0.162. The first-order valence-corrected chi connectivity index (χ1v) is 7.38. The Hall–Kier alpha value is 0.160. The molecule has 0 aromatic heterocycles. The molecule has 0 amide bonds. The Morgan fingerprint density at radius 1 is 1.47 bits per heavy atom.